The molecule has 21 aromatic rings. The molecule has 0 unspecified atom stereocenters. The van der Waals surface area contributed by atoms with Crippen molar-refractivity contribution in [3.63, 3.8) is 0 Å². The summed E-state index contributed by atoms with van der Waals surface area (Å²) in [6, 6.07) is 131. The molecule has 6 aromatic heterocycles. The van der Waals surface area contributed by atoms with Crippen LogP contribution < -0.4 is 9.47 Å². The number of aromatic amines is 1. The van der Waals surface area contributed by atoms with Crippen LogP contribution in [0.3, 0.4) is 0 Å². The third-order valence-electron chi connectivity index (χ3n) is 20.7. The topological polar surface area (TPSA) is 73.3 Å². The predicted molar refractivity (Wildman–Crippen MR) is 423 cm³/mol. The van der Waals surface area contributed by atoms with Crippen molar-refractivity contribution in [3.8, 4) is 68.3 Å². The molecule has 0 aliphatic rings. The van der Waals surface area contributed by atoms with Crippen molar-refractivity contribution in [3.05, 3.63) is 364 Å². The normalized spacial score (nSPS) is 11.9. The predicted octanol–water partition coefficient (Wildman–Crippen LogP) is 22.9. The maximum atomic E-state index is 5.22. The Bertz CT molecular complexity index is 6230. The maximum Gasteiger partial charge on any atom is 0.292 e. The van der Waals surface area contributed by atoms with Gasteiger partial charge in [0.25, 0.3) is 5.82 Å². The van der Waals surface area contributed by atoms with E-state index in [4.69, 9.17) is 9.97 Å². The van der Waals surface area contributed by atoms with Gasteiger partial charge in [0, 0.05) is 88.9 Å². The molecule has 15 aromatic carbocycles. The Morgan fingerprint density at radius 2 is 0.583 bits per heavy atom. The molecular formula is C93H61N10+. The van der Waals surface area contributed by atoms with Gasteiger partial charge < -0.3 is 18.6 Å². The number of hydrogen-bond donors (Lipinski definition) is 1. The highest BCUT2D eigenvalue weighted by Gasteiger charge is 2.26. The van der Waals surface area contributed by atoms with E-state index in [0.29, 0.717) is 0 Å². The first kappa shape index (κ1) is 57.9. The van der Waals surface area contributed by atoms with Gasteiger partial charge in [-0.2, -0.15) is 4.57 Å². The van der Waals surface area contributed by atoms with E-state index >= 15 is 0 Å². The molecule has 10 nitrogen and oxygen atoms in total. The van der Waals surface area contributed by atoms with Crippen molar-refractivity contribution >= 4 is 116 Å². The third kappa shape index (κ3) is 9.25. The Hall–Kier alpha value is -14.1. The van der Waals surface area contributed by atoms with Gasteiger partial charge in [0.05, 0.1) is 60.7 Å². The van der Waals surface area contributed by atoms with Gasteiger partial charge in [0.1, 0.15) is 17.3 Å². The van der Waals surface area contributed by atoms with Crippen molar-refractivity contribution in [2.24, 2.45) is 0 Å². The summed E-state index contributed by atoms with van der Waals surface area (Å²) < 4.78 is 14.1. The Labute approximate surface area is 591 Å². The van der Waals surface area contributed by atoms with Crippen LogP contribution in [0.15, 0.2) is 364 Å². The van der Waals surface area contributed by atoms with Crippen LogP contribution in [0, 0.1) is 0 Å². The van der Waals surface area contributed by atoms with E-state index in [2.05, 4.69) is 401 Å². The zero-order chi connectivity index (χ0) is 67.6. The Morgan fingerprint density at radius 3 is 1.01 bits per heavy atom. The molecule has 0 radical (unpaired) electrons. The zero-order valence-electron chi connectivity index (χ0n) is 55.7. The van der Waals surface area contributed by atoms with Crippen LogP contribution in [0.1, 0.15) is 0 Å². The Kier molecular flexibility index (Phi) is 13.1. The van der Waals surface area contributed by atoms with Crippen molar-refractivity contribution in [1.29, 1.82) is 0 Å². The highest BCUT2D eigenvalue weighted by atomic mass is 15.2. The Balaban J connectivity index is 0.715. The summed E-state index contributed by atoms with van der Waals surface area (Å²) in [4.78, 5) is 16.7. The summed E-state index contributed by atoms with van der Waals surface area (Å²) in [6.07, 6.45) is 0. The number of fused-ring (bicyclic) bond motifs is 12. The molecule has 0 fully saturated rings. The monoisotopic (exact) mass is 1320 g/mol. The molecule has 0 aliphatic heterocycles. The van der Waals surface area contributed by atoms with E-state index in [1.54, 1.807) is 0 Å². The summed E-state index contributed by atoms with van der Waals surface area (Å²) in [7, 11) is 0. The van der Waals surface area contributed by atoms with Crippen LogP contribution in [0.5, 0.6) is 0 Å². The average molecular weight is 1320 g/mol. The van der Waals surface area contributed by atoms with Gasteiger partial charge in [-0.05, 0) is 218 Å². The van der Waals surface area contributed by atoms with E-state index in [1.165, 1.54) is 16.2 Å². The quantitative estimate of drug-likeness (QED) is 0.124. The molecule has 0 atom stereocenters. The number of nitrogens with zero attached hydrogens (tertiary/aromatic N) is 9. The highest BCUT2D eigenvalue weighted by Crippen LogP contribution is 2.46. The molecular weight excluding hydrogens is 1260 g/mol. The molecule has 10 heteroatoms. The second kappa shape index (κ2) is 23.3. The van der Waals surface area contributed by atoms with Gasteiger partial charge in [-0.1, -0.05) is 146 Å². The van der Waals surface area contributed by atoms with Crippen molar-refractivity contribution < 1.29 is 4.57 Å². The summed E-state index contributed by atoms with van der Waals surface area (Å²) >= 11 is 0. The van der Waals surface area contributed by atoms with Gasteiger partial charge in [0.15, 0.2) is 11.0 Å². The summed E-state index contributed by atoms with van der Waals surface area (Å²) in [6.45, 7) is 0. The van der Waals surface area contributed by atoms with Crippen molar-refractivity contribution in [2.45, 2.75) is 0 Å². The first-order valence-corrected chi connectivity index (χ1v) is 35.0. The second-order valence-corrected chi connectivity index (χ2v) is 26.5. The van der Waals surface area contributed by atoms with Gasteiger partial charge in [-0.3, -0.25) is 9.13 Å². The Morgan fingerprint density at radius 1 is 0.252 bits per heavy atom. The first-order valence-electron chi connectivity index (χ1n) is 35.0. The molecule has 0 saturated heterocycles. The number of nitrogens with one attached hydrogen (secondary N) is 1. The lowest BCUT2D eigenvalue weighted by molar-refractivity contribution is -0.554. The van der Waals surface area contributed by atoms with Crippen LogP contribution in [0.2, 0.25) is 0 Å². The van der Waals surface area contributed by atoms with Gasteiger partial charge in [-0.25, -0.2) is 15.0 Å². The van der Waals surface area contributed by atoms with Crippen LogP contribution in [-0.4, -0.2) is 37.8 Å². The summed E-state index contributed by atoms with van der Waals surface area (Å²) in [5.74, 6) is 2.82. The van der Waals surface area contributed by atoms with Gasteiger partial charge in [-0.15, -0.1) is 0 Å². The molecule has 482 valence electrons. The van der Waals surface area contributed by atoms with Crippen LogP contribution in [0.4, 0.5) is 17.1 Å². The lowest BCUT2D eigenvalue weighted by atomic mass is 10.1. The SMILES string of the molecule is c1ccc(-n2c(-c3ccc(-n4c5ccccc5c5cc(N(c6ccc7c(c6)c6ccccc6n7-c6ccc(-c7nc8ccccc8n7-c7ccccc7)cc6)c6ccc7c(c6)c6ccccc6n7-c6ccc(-c7[nH]c8ccccc8[n+]7-c7ccccc7)cc6)ccc54)cc3)nc3ccccc32)cc1. The minimum Gasteiger partial charge on any atom is -0.310 e. The number of H-pyrrole nitrogens is 1. The minimum absolute atomic E-state index is 0.899. The molecule has 1 N–H and O–H groups in total. The number of anilines is 3. The fraction of sp³-hybridized carbons (Fsp3) is 0. The molecule has 0 saturated carbocycles. The summed E-state index contributed by atoms with van der Waals surface area (Å²) in [5, 5.41) is 6.96. The lowest BCUT2D eigenvalue weighted by Crippen LogP contribution is -2.31. The number of hydrogen-bond acceptors (Lipinski definition) is 3. The van der Waals surface area contributed by atoms with E-state index in [-0.39, 0.29) is 0 Å². The van der Waals surface area contributed by atoms with E-state index in [0.717, 1.165) is 168 Å². The minimum atomic E-state index is 0.899. The van der Waals surface area contributed by atoms with E-state index in [1.807, 2.05) is 0 Å². The van der Waals surface area contributed by atoms with Gasteiger partial charge >= 0.3 is 0 Å². The van der Waals surface area contributed by atoms with Crippen molar-refractivity contribution in [2.75, 3.05) is 4.90 Å². The largest absolute Gasteiger partial charge is 0.310 e. The number of rotatable bonds is 12. The standard InChI is InChI=1S/C93H60N10/c1-4-22-64(23-5-1)101-88-37-19-13-31-79(88)94-91(101)61-40-46-67(47-41-61)98-82-34-16-10-28-73(82)76-58-70(52-55-85(76)98)97(71-53-56-86-77(59-71)74-29-11-17-35-83(74)99(86)68-48-42-62(43-49-68)92-95-80-32-14-20-38-89(80)102(92)65-24-6-2-7-25-65)72-54-57-87-78(60-72)75-30-12-18-36-84(75)100(87)69-50-44-63(45-51-69)93-96-81-33-15-21-39-90(81)103(93)66-26-8-3-9-27-66/h1-60H/p+1. The van der Waals surface area contributed by atoms with Crippen molar-refractivity contribution in [1.82, 2.24) is 37.8 Å². The molecule has 0 spiro atoms. The van der Waals surface area contributed by atoms with Crippen LogP contribution >= 0.6 is 0 Å². The van der Waals surface area contributed by atoms with Crippen LogP contribution in [0.25, 0.3) is 167 Å². The fourth-order valence-corrected chi connectivity index (χ4v) is 16.1. The van der Waals surface area contributed by atoms with E-state index in [9.17, 15) is 0 Å². The maximum absolute atomic E-state index is 5.22. The third-order valence-corrected chi connectivity index (χ3v) is 20.7. The number of imidazole rings is 3. The zero-order valence-corrected chi connectivity index (χ0v) is 55.7. The van der Waals surface area contributed by atoms with Gasteiger partial charge in [0.2, 0.25) is 0 Å². The molecule has 0 amide bonds. The fourth-order valence-electron chi connectivity index (χ4n) is 16.1. The highest BCUT2D eigenvalue weighted by molar-refractivity contribution is 6.14. The number of benzene rings is 15. The number of aromatic nitrogens is 9. The lowest BCUT2D eigenvalue weighted by Gasteiger charge is -2.26. The van der Waals surface area contributed by atoms with Crippen LogP contribution in [-0.2, 0) is 0 Å². The molecule has 0 bridgehead atoms. The first-order chi connectivity index (χ1) is 51.1. The molecule has 6 heterocycles. The molecule has 103 heavy (non-hydrogen) atoms. The summed E-state index contributed by atoms with van der Waals surface area (Å²) in [5.41, 5.74) is 25.7. The molecule has 21 rings (SSSR count). The molecule has 0 aliphatic carbocycles. The second-order valence-electron chi connectivity index (χ2n) is 26.5. The van der Waals surface area contributed by atoms with E-state index < -0.39 is 0 Å². The average Bonchev–Trinajstić information content (AvgIpc) is 1.61. The smallest absolute Gasteiger partial charge is 0.292 e. The number of para-hydroxylation sites is 12.